The normalized spacial score (nSPS) is 11.9. The van der Waals surface area contributed by atoms with Gasteiger partial charge in [-0.25, -0.2) is 0 Å². The van der Waals surface area contributed by atoms with E-state index in [2.05, 4.69) is 5.32 Å². The molecule has 1 atom stereocenters. The Morgan fingerprint density at radius 3 is 2.31 bits per heavy atom. The number of hydrogen-bond donors (Lipinski definition) is 3. The lowest BCUT2D eigenvalue weighted by Crippen LogP contribution is -2.07. The maximum Gasteiger partial charge on any atom is 0.306 e. The van der Waals surface area contributed by atoms with E-state index in [4.69, 9.17) is 5.11 Å². The van der Waals surface area contributed by atoms with Gasteiger partial charge in [-0.05, 0) is 17.7 Å². The zero-order valence-corrected chi connectivity index (χ0v) is 8.80. The molecule has 1 rings (SSSR count). The highest BCUT2D eigenvalue weighted by atomic mass is 16.4. The Morgan fingerprint density at radius 2 is 1.88 bits per heavy atom. The number of rotatable bonds is 4. The van der Waals surface area contributed by atoms with E-state index in [0.717, 1.165) is 0 Å². The molecule has 0 aliphatic rings. The predicted molar refractivity (Wildman–Crippen MR) is 58.0 cm³/mol. The Labute approximate surface area is 92.7 Å². The number of amides is 1. The average molecular weight is 223 g/mol. The summed E-state index contributed by atoms with van der Waals surface area (Å²) in [5, 5.41) is 20.6. The fourth-order valence-corrected chi connectivity index (χ4v) is 1.28. The Balaban J connectivity index is 2.70. The van der Waals surface area contributed by atoms with Crippen molar-refractivity contribution in [3.8, 4) is 0 Å². The molecule has 0 aliphatic heterocycles. The molecule has 1 aromatic rings. The Kier molecular flexibility index (Phi) is 4.02. The maximum atomic E-state index is 10.7. The minimum Gasteiger partial charge on any atom is -0.481 e. The summed E-state index contributed by atoms with van der Waals surface area (Å²) in [7, 11) is 0. The number of hydrogen-bond acceptors (Lipinski definition) is 3. The first kappa shape index (κ1) is 12.2. The molecule has 0 spiro atoms. The molecule has 1 aromatic carbocycles. The molecular weight excluding hydrogens is 210 g/mol. The molecule has 0 heterocycles. The summed E-state index contributed by atoms with van der Waals surface area (Å²) in [6, 6.07) is 6.39. The first-order valence-corrected chi connectivity index (χ1v) is 4.76. The zero-order chi connectivity index (χ0) is 12.1. The first-order valence-electron chi connectivity index (χ1n) is 4.76. The van der Waals surface area contributed by atoms with Crippen LogP contribution >= 0.6 is 0 Å². The molecule has 0 unspecified atom stereocenters. The Hall–Kier alpha value is -1.88. The van der Waals surface area contributed by atoms with E-state index in [-0.39, 0.29) is 12.3 Å². The SMILES string of the molecule is CC(=O)Nc1ccc([C@H](O)CC(=O)O)cc1. The van der Waals surface area contributed by atoms with E-state index in [1.54, 1.807) is 24.3 Å². The average Bonchev–Trinajstić information content (AvgIpc) is 2.16. The fraction of sp³-hybridized carbons (Fsp3) is 0.273. The van der Waals surface area contributed by atoms with Gasteiger partial charge in [0.05, 0.1) is 12.5 Å². The van der Waals surface area contributed by atoms with Gasteiger partial charge in [0.25, 0.3) is 0 Å². The second kappa shape index (κ2) is 5.27. The van der Waals surface area contributed by atoms with Crippen LogP contribution in [0.1, 0.15) is 25.0 Å². The second-order valence-corrected chi connectivity index (χ2v) is 3.42. The van der Waals surface area contributed by atoms with Crippen molar-refractivity contribution in [2.45, 2.75) is 19.4 Å². The van der Waals surface area contributed by atoms with Gasteiger partial charge in [-0.15, -0.1) is 0 Å². The van der Waals surface area contributed by atoms with Crippen LogP contribution < -0.4 is 5.32 Å². The molecule has 5 heteroatoms. The van der Waals surface area contributed by atoms with Gasteiger partial charge in [0.2, 0.25) is 5.91 Å². The molecule has 86 valence electrons. The van der Waals surface area contributed by atoms with Crippen molar-refractivity contribution in [3.63, 3.8) is 0 Å². The van der Waals surface area contributed by atoms with Crippen LogP contribution in [-0.2, 0) is 9.59 Å². The number of aliphatic hydroxyl groups is 1. The summed E-state index contributed by atoms with van der Waals surface area (Å²) in [5.41, 5.74) is 1.12. The second-order valence-electron chi connectivity index (χ2n) is 3.42. The van der Waals surface area contributed by atoms with Crippen LogP contribution in [0.15, 0.2) is 24.3 Å². The van der Waals surface area contributed by atoms with Crippen molar-refractivity contribution < 1.29 is 19.8 Å². The number of carboxylic acid groups (broad SMARTS) is 1. The van der Waals surface area contributed by atoms with Crippen molar-refractivity contribution in [3.05, 3.63) is 29.8 Å². The van der Waals surface area contributed by atoms with Crippen LogP contribution in [-0.4, -0.2) is 22.1 Å². The van der Waals surface area contributed by atoms with Gasteiger partial charge in [0, 0.05) is 12.6 Å². The minimum absolute atomic E-state index is 0.182. The van der Waals surface area contributed by atoms with Crippen LogP contribution in [0.4, 0.5) is 5.69 Å². The van der Waals surface area contributed by atoms with Crippen LogP contribution in [0.5, 0.6) is 0 Å². The smallest absolute Gasteiger partial charge is 0.306 e. The summed E-state index contributed by atoms with van der Waals surface area (Å²) < 4.78 is 0. The molecule has 0 saturated carbocycles. The fourth-order valence-electron chi connectivity index (χ4n) is 1.28. The summed E-state index contributed by atoms with van der Waals surface area (Å²) in [5.74, 6) is -1.24. The van der Waals surface area contributed by atoms with Crippen LogP contribution in [0.25, 0.3) is 0 Å². The lowest BCUT2D eigenvalue weighted by atomic mass is 10.1. The molecule has 0 aliphatic carbocycles. The van der Waals surface area contributed by atoms with Gasteiger partial charge >= 0.3 is 5.97 Å². The van der Waals surface area contributed by atoms with Gasteiger partial charge in [-0.2, -0.15) is 0 Å². The van der Waals surface area contributed by atoms with Crippen molar-refractivity contribution in [1.29, 1.82) is 0 Å². The lowest BCUT2D eigenvalue weighted by Gasteiger charge is -2.09. The van der Waals surface area contributed by atoms with Crippen molar-refractivity contribution in [2.75, 3.05) is 5.32 Å². The van der Waals surface area contributed by atoms with E-state index < -0.39 is 12.1 Å². The summed E-state index contributed by atoms with van der Waals surface area (Å²) in [6.07, 6.45) is -1.36. The molecule has 0 fully saturated rings. The highest BCUT2D eigenvalue weighted by molar-refractivity contribution is 5.88. The summed E-state index contributed by atoms with van der Waals surface area (Å²) in [6.45, 7) is 1.40. The quantitative estimate of drug-likeness (QED) is 0.714. The largest absolute Gasteiger partial charge is 0.481 e. The molecule has 0 aromatic heterocycles. The molecule has 3 N–H and O–H groups in total. The molecule has 1 amide bonds. The van der Waals surface area contributed by atoms with Gasteiger partial charge in [0.1, 0.15) is 0 Å². The van der Waals surface area contributed by atoms with Crippen molar-refractivity contribution in [2.24, 2.45) is 0 Å². The first-order chi connectivity index (χ1) is 7.49. The number of aliphatic carboxylic acids is 1. The van der Waals surface area contributed by atoms with Crippen molar-refractivity contribution in [1.82, 2.24) is 0 Å². The van der Waals surface area contributed by atoms with Crippen LogP contribution in [0.3, 0.4) is 0 Å². The number of carbonyl (C=O) groups is 2. The molecule has 0 bridgehead atoms. The number of carbonyl (C=O) groups excluding carboxylic acids is 1. The maximum absolute atomic E-state index is 10.7. The standard InChI is InChI=1S/C11H13NO4/c1-7(13)12-9-4-2-8(3-5-9)10(14)6-11(15)16/h2-5,10,14H,6H2,1H3,(H,12,13)(H,15,16)/t10-/m1/s1. The van der Waals surface area contributed by atoms with Gasteiger partial charge in [-0.3, -0.25) is 9.59 Å². The van der Waals surface area contributed by atoms with E-state index in [1.165, 1.54) is 6.92 Å². The minimum atomic E-state index is -1.06. The number of anilines is 1. The topological polar surface area (TPSA) is 86.6 Å². The molecule has 16 heavy (non-hydrogen) atoms. The number of nitrogens with one attached hydrogen (secondary N) is 1. The molecule has 0 radical (unpaired) electrons. The highest BCUT2D eigenvalue weighted by Gasteiger charge is 2.11. The molecule has 0 saturated heterocycles. The van der Waals surface area contributed by atoms with E-state index in [9.17, 15) is 14.7 Å². The highest BCUT2D eigenvalue weighted by Crippen LogP contribution is 2.18. The Bertz CT molecular complexity index is 385. The number of aliphatic hydroxyl groups excluding tert-OH is 1. The van der Waals surface area contributed by atoms with E-state index in [1.807, 2.05) is 0 Å². The predicted octanol–water partition coefficient (Wildman–Crippen LogP) is 1.15. The number of benzene rings is 1. The zero-order valence-electron chi connectivity index (χ0n) is 8.80. The van der Waals surface area contributed by atoms with Crippen LogP contribution in [0.2, 0.25) is 0 Å². The Morgan fingerprint density at radius 1 is 1.31 bits per heavy atom. The van der Waals surface area contributed by atoms with Crippen molar-refractivity contribution >= 4 is 17.6 Å². The third-order valence-electron chi connectivity index (χ3n) is 1.98. The number of carboxylic acids is 1. The third-order valence-corrected chi connectivity index (χ3v) is 1.98. The van der Waals surface area contributed by atoms with Crippen LogP contribution in [0, 0.1) is 0 Å². The van der Waals surface area contributed by atoms with Gasteiger partial charge in [0.15, 0.2) is 0 Å². The van der Waals surface area contributed by atoms with E-state index in [0.29, 0.717) is 11.3 Å². The summed E-state index contributed by atoms with van der Waals surface area (Å²) in [4.78, 5) is 21.1. The molecule has 5 nitrogen and oxygen atoms in total. The third kappa shape index (κ3) is 3.70. The van der Waals surface area contributed by atoms with Gasteiger partial charge in [-0.1, -0.05) is 12.1 Å². The lowest BCUT2D eigenvalue weighted by molar-refractivity contribution is -0.139. The molecular formula is C11H13NO4. The van der Waals surface area contributed by atoms with Gasteiger partial charge < -0.3 is 15.5 Å². The van der Waals surface area contributed by atoms with E-state index >= 15 is 0 Å². The monoisotopic (exact) mass is 223 g/mol. The summed E-state index contributed by atoms with van der Waals surface area (Å²) >= 11 is 0.